The van der Waals surface area contributed by atoms with Crippen molar-refractivity contribution in [3.63, 3.8) is 0 Å². The van der Waals surface area contributed by atoms with Crippen LogP contribution in [-0.2, 0) is 0 Å². The van der Waals surface area contributed by atoms with Gasteiger partial charge in [0.05, 0.1) is 6.10 Å². The molecule has 1 unspecified atom stereocenters. The Morgan fingerprint density at radius 2 is 1.81 bits per heavy atom. The number of aliphatic hydroxyl groups is 1. The van der Waals surface area contributed by atoms with Crippen LogP contribution in [0.4, 0.5) is 11.4 Å². The topological polar surface area (TPSA) is 93.7 Å². The van der Waals surface area contributed by atoms with Crippen molar-refractivity contribution in [1.29, 1.82) is 0 Å². The van der Waals surface area contributed by atoms with Crippen molar-refractivity contribution in [2.45, 2.75) is 18.9 Å². The zero-order valence-corrected chi connectivity index (χ0v) is 13.0. The maximum absolute atomic E-state index is 11.4. The third kappa shape index (κ3) is 5.11. The van der Waals surface area contributed by atoms with Crippen molar-refractivity contribution in [3.05, 3.63) is 20.4 Å². The fourth-order valence-corrected chi connectivity index (χ4v) is 2.22. The second kappa shape index (κ2) is 8.76. The molecule has 0 radical (unpaired) electrons. The molecule has 1 aromatic carbocycles. The van der Waals surface area contributed by atoms with Crippen LogP contribution < -0.4 is 26.8 Å². The number of nitrogens with one attached hydrogen (secondary N) is 3. The van der Waals surface area contributed by atoms with E-state index in [0.29, 0.717) is 12.2 Å². The summed E-state index contributed by atoms with van der Waals surface area (Å²) < 4.78 is 0. The third-order valence-corrected chi connectivity index (χ3v) is 3.41. The van der Waals surface area contributed by atoms with Gasteiger partial charge in [-0.3, -0.25) is 9.59 Å². The summed E-state index contributed by atoms with van der Waals surface area (Å²) in [5, 5.41) is 18.6. The molecule has 0 fully saturated rings. The Kier molecular flexibility index (Phi) is 7.35. The van der Waals surface area contributed by atoms with Gasteiger partial charge >= 0.3 is 0 Å². The van der Waals surface area contributed by atoms with E-state index in [1.165, 1.54) is 0 Å². The standard InChI is InChI=1S/C14H26N4O3/c1-15-6-4-5-7-18(3)9-10(19)8-17-12-11(16-2)13(20)14(12)21/h10,15-17,19H,4-9H2,1-3H3. The van der Waals surface area contributed by atoms with Crippen LogP contribution in [0, 0.1) is 0 Å². The summed E-state index contributed by atoms with van der Waals surface area (Å²) in [4.78, 5) is 24.6. The highest BCUT2D eigenvalue weighted by molar-refractivity contribution is 5.73. The van der Waals surface area contributed by atoms with Crippen LogP contribution in [0.3, 0.4) is 0 Å². The Hall–Kier alpha value is -1.44. The lowest BCUT2D eigenvalue weighted by atomic mass is 10.2. The summed E-state index contributed by atoms with van der Waals surface area (Å²) in [7, 11) is 5.48. The first-order chi connectivity index (χ1) is 10.0. The van der Waals surface area contributed by atoms with Crippen molar-refractivity contribution in [1.82, 2.24) is 10.2 Å². The number of nitrogens with zero attached hydrogens (tertiary/aromatic N) is 1. The van der Waals surface area contributed by atoms with Crippen LogP contribution >= 0.6 is 0 Å². The van der Waals surface area contributed by atoms with Crippen molar-refractivity contribution < 1.29 is 5.11 Å². The molecule has 1 aromatic rings. The first-order valence-corrected chi connectivity index (χ1v) is 7.27. The zero-order chi connectivity index (χ0) is 15.8. The van der Waals surface area contributed by atoms with Gasteiger partial charge in [-0.1, -0.05) is 0 Å². The number of unbranched alkanes of at least 4 members (excludes halogenated alkanes) is 1. The van der Waals surface area contributed by atoms with Gasteiger partial charge < -0.3 is 26.0 Å². The molecule has 0 aliphatic heterocycles. The van der Waals surface area contributed by atoms with Gasteiger partial charge in [0, 0.05) is 20.1 Å². The Morgan fingerprint density at radius 1 is 1.14 bits per heavy atom. The average molecular weight is 298 g/mol. The lowest BCUT2D eigenvalue weighted by molar-refractivity contribution is 0.135. The molecule has 21 heavy (non-hydrogen) atoms. The van der Waals surface area contributed by atoms with Gasteiger partial charge in [0.2, 0.25) is 0 Å². The van der Waals surface area contributed by atoms with Crippen LogP contribution in [0.15, 0.2) is 9.59 Å². The van der Waals surface area contributed by atoms with E-state index in [4.69, 9.17) is 0 Å². The number of likely N-dealkylation sites (N-methyl/N-ethyl adjacent to an activating group) is 1. The van der Waals surface area contributed by atoms with Gasteiger partial charge in [-0.2, -0.15) is 0 Å². The Morgan fingerprint density at radius 3 is 2.43 bits per heavy atom. The molecule has 0 bridgehead atoms. The normalized spacial score (nSPS) is 12.8. The van der Waals surface area contributed by atoms with Crippen LogP contribution in [-0.4, -0.2) is 63.4 Å². The summed E-state index contributed by atoms with van der Waals surface area (Å²) >= 11 is 0. The monoisotopic (exact) mass is 298 g/mol. The van der Waals surface area contributed by atoms with Crippen LogP contribution in [0.25, 0.3) is 0 Å². The SMILES string of the molecule is CNCCCCN(C)CC(O)CNc1c(NC)c(=O)c1=O. The number of anilines is 2. The predicted molar refractivity (Wildman–Crippen MR) is 86.1 cm³/mol. The molecule has 120 valence electrons. The molecule has 0 saturated heterocycles. The van der Waals surface area contributed by atoms with E-state index in [2.05, 4.69) is 20.9 Å². The highest BCUT2D eigenvalue weighted by Crippen LogP contribution is 2.12. The second-order valence-electron chi connectivity index (χ2n) is 5.27. The highest BCUT2D eigenvalue weighted by Gasteiger charge is 2.20. The average Bonchev–Trinajstić information content (AvgIpc) is 2.46. The first-order valence-electron chi connectivity index (χ1n) is 7.27. The third-order valence-electron chi connectivity index (χ3n) is 3.41. The molecule has 4 N–H and O–H groups in total. The van der Waals surface area contributed by atoms with E-state index in [0.717, 1.165) is 25.9 Å². The van der Waals surface area contributed by atoms with Gasteiger partial charge in [-0.25, -0.2) is 0 Å². The Labute approximate surface area is 125 Å². The zero-order valence-electron chi connectivity index (χ0n) is 13.0. The van der Waals surface area contributed by atoms with Gasteiger partial charge in [0.1, 0.15) is 11.4 Å². The lowest BCUT2D eigenvalue weighted by Crippen LogP contribution is -2.40. The predicted octanol–water partition coefficient (Wildman–Crippen LogP) is -0.971. The van der Waals surface area contributed by atoms with Crippen molar-refractivity contribution in [2.24, 2.45) is 0 Å². The van der Waals surface area contributed by atoms with E-state index >= 15 is 0 Å². The molecule has 0 amide bonds. The molecule has 0 aromatic heterocycles. The summed E-state index contributed by atoms with van der Waals surface area (Å²) in [6.45, 7) is 2.69. The molecule has 7 nitrogen and oxygen atoms in total. The molecular formula is C14H26N4O3. The number of aliphatic hydroxyl groups excluding tert-OH is 1. The Bertz CT molecular complexity index is 496. The summed E-state index contributed by atoms with van der Waals surface area (Å²) in [6, 6.07) is 0. The number of hydrogen-bond acceptors (Lipinski definition) is 7. The molecular weight excluding hydrogens is 272 g/mol. The fraction of sp³-hybridized carbons (Fsp3) is 0.714. The minimum atomic E-state index is -0.589. The maximum Gasteiger partial charge on any atom is 0.253 e. The summed E-state index contributed by atoms with van der Waals surface area (Å²) in [6.07, 6.45) is 1.58. The van der Waals surface area contributed by atoms with Crippen LogP contribution in [0.5, 0.6) is 0 Å². The minimum Gasteiger partial charge on any atom is -0.390 e. The van der Waals surface area contributed by atoms with Gasteiger partial charge in [0.15, 0.2) is 0 Å². The van der Waals surface area contributed by atoms with E-state index in [9.17, 15) is 14.7 Å². The number of hydrogen-bond donors (Lipinski definition) is 4. The molecule has 0 aliphatic rings. The molecule has 0 aliphatic carbocycles. The Balaban J connectivity index is 2.27. The van der Waals surface area contributed by atoms with Crippen molar-refractivity contribution in [2.75, 3.05) is 58.0 Å². The van der Waals surface area contributed by atoms with Crippen molar-refractivity contribution in [3.8, 4) is 0 Å². The van der Waals surface area contributed by atoms with Gasteiger partial charge in [0.25, 0.3) is 10.9 Å². The summed E-state index contributed by atoms with van der Waals surface area (Å²) in [5.41, 5.74) is -0.450. The molecule has 7 heteroatoms. The second-order valence-corrected chi connectivity index (χ2v) is 5.27. The van der Waals surface area contributed by atoms with E-state index < -0.39 is 17.0 Å². The molecule has 1 rings (SSSR count). The molecule has 0 heterocycles. The largest absolute Gasteiger partial charge is 0.390 e. The van der Waals surface area contributed by atoms with Crippen LogP contribution in [0.2, 0.25) is 0 Å². The van der Waals surface area contributed by atoms with Gasteiger partial charge in [-0.15, -0.1) is 0 Å². The molecule has 1 atom stereocenters. The van der Waals surface area contributed by atoms with E-state index in [-0.39, 0.29) is 12.2 Å². The van der Waals surface area contributed by atoms with Crippen molar-refractivity contribution >= 4 is 11.4 Å². The van der Waals surface area contributed by atoms with Crippen LogP contribution in [0.1, 0.15) is 12.8 Å². The molecule has 0 saturated carbocycles. The maximum atomic E-state index is 11.4. The van der Waals surface area contributed by atoms with E-state index in [1.807, 2.05) is 14.1 Å². The van der Waals surface area contributed by atoms with E-state index in [1.54, 1.807) is 7.05 Å². The lowest BCUT2D eigenvalue weighted by Gasteiger charge is -2.21. The van der Waals surface area contributed by atoms with Gasteiger partial charge in [-0.05, 0) is 40.0 Å². The quantitative estimate of drug-likeness (QED) is 0.308. The summed E-state index contributed by atoms with van der Waals surface area (Å²) in [5.74, 6) is 0. The molecule has 0 spiro atoms. The number of rotatable bonds is 11. The minimum absolute atomic E-state index is 0.250. The first kappa shape index (κ1) is 17.6. The highest BCUT2D eigenvalue weighted by atomic mass is 16.3. The fourth-order valence-electron chi connectivity index (χ4n) is 2.22. The smallest absolute Gasteiger partial charge is 0.253 e.